The van der Waals surface area contributed by atoms with Gasteiger partial charge in [-0.3, -0.25) is 19.2 Å². The predicted octanol–water partition coefficient (Wildman–Crippen LogP) is 19.4. The van der Waals surface area contributed by atoms with Gasteiger partial charge in [-0.1, -0.05) is 253 Å². The largest absolute Gasteiger partial charge is 0.387 e. The van der Waals surface area contributed by atoms with Crippen molar-refractivity contribution in [1.29, 1.82) is 0 Å². The lowest BCUT2D eigenvalue weighted by Crippen LogP contribution is -2.67. The van der Waals surface area contributed by atoms with Crippen molar-refractivity contribution in [2.75, 3.05) is 0 Å². The minimum atomic E-state index is -3.19. The lowest BCUT2D eigenvalue weighted by molar-refractivity contribution is -0.202. The van der Waals surface area contributed by atoms with E-state index in [0.29, 0.717) is 53.3 Å². The summed E-state index contributed by atoms with van der Waals surface area (Å²) in [5, 5.41) is 71.3. The van der Waals surface area contributed by atoms with Gasteiger partial charge in [0, 0.05) is 31.2 Å². The van der Waals surface area contributed by atoms with Crippen LogP contribution in [0.4, 0.5) is 0 Å². The molecular formula is C78H134O10. The average molecular weight is 1240 g/mol. The maximum atomic E-state index is 14.1. The third-order valence-electron chi connectivity index (χ3n) is 16.6. The Morgan fingerprint density at radius 3 is 0.636 bits per heavy atom. The monoisotopic (exact) mass is 1240 g/mol. The Balaban J connectivity index is 6.06. The van der Waals surface area contributed by atoms with Crippen LogP contribution in [0.5, 0.6) is 0 Å². The first-order valence-corrected chi connectivity index (χ1v) is 35.5. The van der Waals surface area contributed by atoms with Crippen molar-refractivity contribution in [2.45, 2.75) is 371 Å². The number of aliphatic hydroxyl groups is 6. The van der Waals surface area contributed by atoms with E-state index in [1.165, 1.54) is 0 Å². The molecule has 0 rings (SSSR count). The highest BCUT2D eigenvalue weighted by Crippen LogP contribution is 2.30. The van der Waals surface area contributed by atoms with Crippen molar-refractivity contribution >= 4 is 23.1 Å². The molecule has 0 amide bonds. The summed E-state index contributed by atoms with van der Waals surface area (Å²) in [5.74, 6) is -4.18. The standard InChI is InChI=1S/C78H134O10/c1-5-9-13-17-21-25-29-33-37-41-45-49-53-57-61-65-69(79)77(87,70(80)66-62-58-54-50-46-42-38-34-30-26-22-18-14-10-6-2)75(85)73(83)74(84)76(86)78(88,71(81)67-63-59-55-51-47-43-39-35-31-27-23-19-15-11-7-3)72(82)68-64-60-56-52-48-44-40-36-32-28-24-20-16-12-8-4/h21-28,33-40,73-76,83-88H,5-20,29-32,41-68H2,1-4H3/b25-21-,26-22-,27-23-,28-24-,37-33-,38-34-,39-35-,40-36-/t73-,74-,75-,76-/m0/s1/i1D,2D,3D,4D. The lowest BCUT2D eigenvalue weighted by atomic mass is 9.75. The molecule has 0 aromatic heterocycles. The molecule has 4 atom stereocenters. The summed E-state index contributed by atoms with van der Waals surface area (Å²) in [4.78, 5) is 56.5. The maximum absolute atomic E-state index is 14.1. The van der Waals surface area contributed by atoms with Crippen LogP contribution in [0.1, 0.15) is 341 Å². The Morgan fingerprint density at radius 1 is 0.273 bits per heavy atom. The maximum Gasteiger partial charge on any atom is 0.209 e. The number of hydrogen-bond donors (Lipinski definition) is 6. The minimum absolute atomic E-state index is 0.278. The summed E-state index contributed by atoms with van der Waals surface area (Å²) in [7, 11) is 0. The van der Waals surface area contributed by atoms with Gasteiger partial charge in [0.1, 0.15) is 24.4 Å². The summed E-state index contributed by atoms with van der Waals surface area (Å²) >= 11 is 0. The predicted molar refractivity (Wildman–Crippen MR) is 371 cm³/mol. The van der Waals surface area contributed by atoms with Crippen molar-refractivity contribution in [3.8, 4) is 0 Å². The van der Waals surface area contributed by atoms with Gasteiger partial charge >= 0.3 is 0 Å². The van der Waals surface area contributed by atoms with Crippen molar-refractivity contribution in [3.05, 3.63) is 97.2 Å². The fourth-order valence-electron chi connectivity index (χ4n) is 10.7. The van der Waals surface area contributed by atoms with Crippen LogP contribution in [-0.2, 0) is 19.2 Å². The number of unbranched alkanes of at least 4 members (excludes halogenated alkanes) is 32. The third-order valence-corrected chi connectivity index (χ3v) is 16.6. The van der Waals surface area contributed by atoms with Gasteiger partial charge in [0.15, 0.2) is 23.1 Å². The highest BCUT2D eigenvalue weighted by atomic mass is 16.4. The van der Waals surface area contributed by atoms with Crippen molar-refractivity contribution < 1.29 is 55.3 Å². The van der Waals surface area contributed by atoms with Gasteiger partial charge in [-0.2, -0.15) is 0 Å². The molecule has 0 aromatic carbocycles. The van der Waals surface area contributed by atoms with Crippen LogP contribution in [0.25, 0.3) is 0 Å². The van der Waals surface area contributed by atoms with Crippen LogP contribution >= 0.6 is 0 Å². The van der Waals surface area contributed by atoms with Crippen LogP contribution in [0, 0.1) is 0 Å². The van der Waals surface area contributed by atoms with Crippen molar-refractivity contribution in [1.82, 2.24) is 0 Å². The zero-order valence-corrected chi connectivity index (χ0v) is 55.6. The molecule has 506 valence electrons. The fourth-order valence-corrected chi connectivity index (χ4v) is 10.7. The number of ketones is 4. The third kappa shape index (κ3) is 43.2. The van der Waals surface area contributed by atoms with Crippen LogP contribution in [0.15, 0.2) is 97.2 Å². The molecule has 10 nitrogen and oxygen atoms in total. The first-order chi connectivity index (χ1) is 44.8. The topological polar surface area (TPSA) is 190 Å². The molecule has 0 saturated carbocycles. The second kappa shape index (κ2) is 60.9. The minimum Gasteiger partial charge on any atom is -0.387 e. The summed E-state index contributed by atoms with van der Waals surface area (Å²) in [6.07, 6.45) is 60.3. The van der Waals surface area contributed by atoms with Crippen molar-refractivity contribution in [2.24, 2.45) is 0 Å². The van der Waals surface area contributed by atoms with E-state index in [0.717, 1.165) is 231 Å². The Morgan fingerprint density at radius 2 is 0.443 bits per heavy atom. The molecule has 0 aliphatic heterocycles. The Kier molecular flexibility index (Phi) is 53.2. The number of hydrogen-bond acceptors (Lipinski definition) is 10. The Hall–Kier alpha value is -3.64. The average Bonchev–Trinajstić information content (AvgIpc) is 0.797. The second-order valence-corrected chi connectivity index (χ2v) is 24.4. The van der Waals surface area contributed by atoms with Gasteiger partial charge in [0.05, 0.1) is 0 Å². The molecule has 0 unspecified atom stereocenters. The van der Waals surface area contributed by atoms with E-state index in [-0.39, 0.29) is 51.4 Å². The van der Waals surface area contributed by atoms with Crippen LogP contribution in [-0.4, -0.2) is 89.4 Å². The molecule has 0 heterocycles. The summed E-state index contributed by atoms with van der Waals surface area (Å²) in [5.41, 5.74) is -6.39. The van der Waals surface area contributed by atoms with E-state index in [2.05, 4.69) is 97.2 Å². The molecule has 10 heteroatoms. The number of rotatable bonds is 65. The molecule has 0 radical (unpaired) electrons. The van der Waals surface area contributed by atoms with E-state index in [1.807, 2.05) is 0 Å². The van der Waals surface area contributed by atoms with Crippen molar-refractivity contribution in [3.63, 3.8) is 0 Å². The Bertz CT molecular complexity index is 1750. The molecule has 6 N–H and O–H groups in total. The van der Waals surface area contributed by atoms with E-state index in [9.17, 15) is 49.8 Å². The number of carbonyl (C=O) groups excluding carboxylic acids is 4. The molecule has 0 fully saturated rings. The van der Waals surface area contributed by atoms with E-state index < -0.39 is 58.8 Å². The van der Waals surface area contributed by atoms with Gasteiger partial charge in [-0.15, -0.1) is 0 Å². The Labute approximate surface area is 544 Å². The lowest BCUT2D eigenvalue weighted by Gasteiger charge is -2.39. The quantitative estimate of drug-likeness (QED) is 0.0194. The zero-order chi connectivity index (χ0) is 67.7. The van der Waals surface area contributed by atoms with Crippen LogP contribution in [0.2, 0.25) is 0 Å². The first-order valence-electron chi connectivity index (χ1n) is 38.3. The summed E-state index contributed by atoms with van der Waals surface area (Å²) in [6, 6.07) is 0. The molecule has 0 bridgehead atoms. The number of aliphatic hydroxyl groups excluding tert-OH is 4. The normalized spacial score (nSPS) is 14.8. The van der Waals surface area contributed by atoms with Gasteiger partial charge in [-0.25, -0.2) is 0 Å². The summed E-state index contributed by atoms with van der Waals surface area (Å²) in [6.45, 7) is 1.92. The van der Waals surface area contributed by atoms with Crippen LogP contribution < -0.4 is 0 Å². The van der Waals surface area contributed by atoms with Crippen LogP contribution in [0.3, 0.4) is 0 Å². The second-order valence-electron chi connectivity index (χ2n) is 24.4. The first kappa shape index (κ1) is 76.8. The van der Waals surface area contributed by atoms with E-state index in [1.54, 1.807) is 0 Å². The summed E-state index contributed by atoms with van der Waals surface area (Å²) < 4.78 is 29.0. The highest BCUT2D eigenvalue weighted by Gasteiger charge is 2.57. The van der Waals surface area contributed by atoms with Gasteiger partial charge in [-0.05, 0) is 154 Å². The highest BCUT2D eigenvalue weighted by molar-refractivity contribution is 6.11. The zero-order valence-electron chi connectivity index (χ0n) is 59.6. The smallest absolute Gasteiger partial charge is 0.209 e. The number of allylic oxidation sites excluding steroid dienone is 16. The molecule has 0 aliphatic rings. The molecule has 0 aromatic rings. The fraction of sp³-hybridized carbons (Fsp3) is 0.744. The van der Waals surface area contributed by atoms with E-state index in [4.69, 9.17) is 5.48 Å². The molecule has 0 spiro atoms. The van der Waals surface area contributed by atoms with Gasteiger partial charge in [0.2, 0.25) is 11.2 Å². The molecule has 0 aliphatic carbocycles. The molecule has 0 saturated heterocycles. The number of Topliss-reactive ketones (excluding diaryl/α,β-unsaturated/α-hetero) is 4. The molecule has 88 heavy (non-hydrogen) atoms. The van der Waals surface area contributed by atoms with E-state index >= 15 is 0 Å². The molecular weight excluding hydrogens is 1100 g/mol. The van der Waals surface area contributed by atoms with Gasteiger partial charge in [0.25, 0.3) is 0 Å². The number of carbonyl (C=O) groups is 4. The van der Waals surface area contributed by atoms with Gasteiger partial charge < -0.3 is 30.6 Å². The SMILES string of the molecule is [2H]CCCCC/C=C\C/C=C\CCCCCCCC(=O)C(O)(C(=O)CCCCCCC/C=C\C/C=C\CCCCC[2H])[C@@H](O)[C@@H](O)[C@H](O)[C@H](O)C(O)(C(=O)CCCCCCC/C=C\C/C=C\CCCCC[2H])C(=O)CCCCCCC/C=C\C/C=C\CCCCC[2H].